The van der Waals surface area contributed by atoms with Gasteiger partial charge < -0.3 is 10.3 Å². The molecule has 1 aromatic carbocycles. The van der Waals surface area contributed by atoms with Gasteiger partial charge in [-0.1, -0.05) is 6.58 Å². The van der Waals surface area contributed by atoms with Crippen LogP contribution in [0.25, 0.3) is 10.9 Å². The second-order valence-electron chi connectivity index (χ2n) is 6.16. The second-order valence-corrected chi connectivity index (χ2v) is 6.16. The number of allylic oxidation sites excluding steroid dienone is 1. The Morgan fingerprint density at radius 1 is 1.25 bits per heavy atom. The van der Waals surface area contributed by atoms with Gasteiger partial charge in [0.15, 0.2) is 0 Å². The number of halogens is 1. The monoisotopic (exact) mass is 270 g/mol. The average molecular weight is 270 g/mol. The van der Waals surface area contributed by atoms with Gasteiger partial charge in [-0.15, -0.1) is 0 Å². The zero-order valence-electron chi connectivity index (χ0n) is 11.5. The van der Waals surface area contributed by atoms with Crippen LogP contribution in [0.3, 0.4) is 0 Å². The lowest BCUT2D eigenvalue weighted by molar-refractivity contribution is 0.349. The molecule has 0 aliphatic heterocycles. The van der Waals surface area contributed by atoms with Crippen LogP contribution in [-0.2, 0) is 19.4 Å². The van der Waals surface area contributed by atoms with E-state index in [9.17, 15) is 4.39 Å². The number of nitrogens with one attached hydrogen (secondary N) is 2. The van der Waals surface area contributed by atoms with E-state index < -0.39 is 6.17 Å². The van der Waals surface area contributed by atoms with Gasteiger partial charge in [-0.25, -0.2) is 4.39 Å². The van der Waals surface area contributed by atoms with Crippen molar-refractivity contribution in [1.29, 1.82) is 0 Å². The molecule has 3 heteroatoms. The number of fused-ring (bicyclic) bond motifs is 2. The van der Waals surface area contributed by atoms with Crippen LogP contribution >= 0.6 is 0 Å². The van der Waals surface area contributed by atoms with Gasteiger partial charge in [0.05, 0.1) is 6.54 Å². The van der Waals surface area contributed by atoms with Crippen LogP contribution in [0.2, 0.25) is 0 Å². The zero-order chi connectivity index (χ0) is 13.7. The van der Waals surface area contributed by atoms with Crippen LogP contribution in [0.5, 0.6) is 0 Å². The number of benzene rings is 1. The lowest BCUT2D eigenvalue weighted by Gasteiger charge is -2.06. The minimum atomic E-state index is -0.695. The van der Waals surface area contributed by atoms with E-state index in [4.69, 9.17) is 0 Å². The molecule has 1 aromatic heterocycles. The Kier molecular flexibility index (Phi) is 2.62. The summed E-state index contributed by atoms with van der Waals surface area (Å²) in [6.45, 7) is 4.87. The van der Waals surface area contributed by atoms with Crippen molar-refractivity contribution in [2.75, 3.05) is 0 Å². The van der Waals surface area contributed by atoms with E-state index in [1.54, 1.807) is 0 Å². The van der Waals surface area contributed by atoms with E-state index >= 15 is 0 Å². The smallest absolute Gasteiger partial charge is 0.108 e. The number of H-pyrrole nitrogens is 1. The summed E-state index contributed by atoms with van der Waals surface area (Å²) in [5.74, 6) is 0.685. The first-order valence-electron chi connectivity index (χ1n) is 7.39. The molecule has 0 saturated heterocycles. The summed E-state index contributed by atoms with van der Waals surface area (Å²) in [7, 11) is 0. The minimum absolute atomic E-state index is 0.566. The number of hydrogen-bond acceptors (Lipinski definition) is 1. The third-order valence-corrected chi connectivity index (χ3v) is 4.46. The van der Waals surface area contributed by atoms with Crippen molar-refractivity contribution in [3.63, 3.8) is 0 Å². The third kappa shape index (κ3) is 2.11. The summed E-state index contributed by atoms with van der Waals surface area (Å²) in [5, 5.41) is 4.59. The quantitative estimate of drug-likeness (QED) is 0.872. The number of alkyl halides is 1. The third-order valence-electron chi connectivity index (χ3n) is 4.46. The molecule has 2 nitrogen and oxygen atoms in total. The van der Waals surface area contributed by atoms with E-state index in [0.717, 1.165) is 23.3 Å². The molecule has 2 aliphatic carbocycles. The summed E-state index contributed by atoms with van der Waals surface area (Å²) in [4.78, 5) is 3.43. The molecule has 1 unspecified atom stereocenters. The summed E-state index contributed by atoms with van der Waals surface area (Å²) in [5.41, 5.74) is 5.78. The Morgan fingerprint density at radius 3 is 2.75 bits per heavy atom. The van der Waals surface area contributed by atoms with Crippen LogP contribution in [0.4, 0.5) is 4.39 Å². The maximum absolute atomic E-state index is 13.4. The molecule has 2 aliphatic rings. The molecule has 1 fully saturated rings. The van der Waals surface area contributed by atoms with Gasteiger partial charge in [0.2, 0.25) is 0 Å². The lowest BCUT2D eigenvalue weighted by atomic mass is 10.1. The van der Waals surface area contributed by atoms with Crippen molar-refractivity contribution < 1.29 is 4.39 Å². The Bertz CT molecular complexity index is 639. The molecule has 4 rings (SSSR count). The molecule has 1 atom stereocenters. The molecular formula is C17H19FN2. The first-order chi connectivity index (χ1) is 9.69. The Balaban J connectivity index is 1.55. The largest absolute Gasteiger partial charge is 0.383 e. The fourth-order valence-electron chi connectivity index (χ4n) is 3.14. The van der Waals surface area contributed by atoms with Gasteiger partial charge in [0.1, 0.15) is 6.17 Å². The van der Waals surface area contributed by atoms with E-state index in [1.807, 2.05) is 0 Å². The van der Waals surface area contributed by atoms with Crippen LogP contribution in [0.15, 0.2) is 30.5 Å². The van der Waals surface area contributed by atoms with Gasteiger partial charge in [0, 0.05) is 35.1 Å². The molecule has 20 heavy (non-hydrogen) atoms. The van der Waals surface area contributed by atoms with Crippen molar-refractivity contribution in [2.45, 2.75) is 38.4 Å². The van der Waals surface area contributed by atoms with Crippen molar-refractivity contribution in [2.24, 2.45) is 5.92 Å². The first-order valence-corrected chi connectivity index (χ1v) is 7.39. The maximum atomic E-state index is 13.4. The zero-order valence-corrected chi connectivity index (χ0v) is 11.5. The van der Waals surface area contributed by atoms with Gasteiger partial charge in [-0.2, -0.15) is 0 Å². The second kappa shape index (κ2) is 4.37. The van der Waals surface area contributed by atoms with Gasteiger partial charge >= 0.3 is 0 Å². The Labute approximate surface area is 118 Å². The minimum Gasteiger partial charge on any atom is -0.383 e. The molecule has 104 valence electrons. The Hall–Kier alpha value is -1.77. The van der Waals surface area contributed by atoms with Crippen LogP contribution < -0.4 is 5.32 Å². The average Bonchev–Trinajstić information content (AvgIpc) is 3.10. The van der Waals surface area contributed by atoms with Gasteiger partial charge in [0.25, 0.3) is 0 Å². The molecule has 2 N–H and O–H groups in total. The highest BCUT2D eigenvalue weighted by Gasteiger charge is 2.24. The number of aromatic nitrogens is 1. The summed E-state index contributed by atoms with van der Waals surface area (Å²) in [6.07, 6.45) is 2.99. The van der Waals surface area contributed by atoms with E-state index in [2.05, 4.69) is 35.1 Å². The maximum Gasteiger partial charge on any atom is 0.108 e. The topological polar surface area (TPSA) is 27.8 Å². The standard InChI is InChI=1S/C17H19FN2/c1-10(11-2-3-11)19-9-16-7-14-4-12-5-15(18)6-13(12)8-17(14)20-16/h4,7-8,11,15,19-20H,1-3,5-6,9H2. The Morgan fingerprint density at radius 2 is 2.00 bits per heavy atom. The molecule has 0 amide bonds. The predicted octanol–water partition coefficient (Wildman–Crippen LogP) is 3.62. The molecule has 0 bridgehead atoms. The van der Waals surface area contributed by atoms with E-state index in [-0.39, 0.29) is 0 Å². The molecule has 2 aromatic rings. The van der Waals surface area contributed by atoms with Gasteiger partial charge in [-0.05, 0) is 48.1 Å². The SMILES string of the molecule is C=C(NCc1cc2cc3c(cc2[nH]1)CC(F)C3)C1CC1. The molecule has 0 radical (unpaired) electrons. The van der Waals surface area contributed by atoms with Crippen molar-refractivity contribution >= 4 is 10.9 Å². The highest BCUT2D eigenvalue weighted by molar-refractivity contribution is 5.82. The first kappa shape index (κ1) is 12.0. The fraction of sp³-hybridized carbons (Fsp3) is 0.412. The van der Waals surface area contributed by atoms with Crippen LogP contribution in [0, 0.1) is 5.92 Å². The number of hydrogen-bond donors (Lipinski definition) is 2. The summed E-state index contributed by atoms with van der Waals surface area (Å²) < 4.78 is 13.4. The predicted molar refractivity (Wildman–Crippen MR) is 79.3 cm³/mol. The van der Waals surface area contributed by atoms with Crippen molar-refractivity contribution in [3.8, 4) is 0 Å². The summed E-state index contributed by atoms with van der Waals surface area (Å²) >= 11 is 0. The molecule has 1 heterocycles. The molecule has 1 saturated carbocycles. The number of rotatable bonds is 4. The molecule has 0 spiro atoms. The fourth-order valence-corrected chi connectivity index (χ4v) is 3.14. The molecular weight excluding hydrogens is 251 g/mol. The van der Waals surface area contributed by atoms with Crippen molar-refractivity contribution in [3.05, 3.63) is 47.3 Å². The highest BCUT2D eigenvalue weighted by atomic mass is 19.1. The van der Waals surface area contributed by atoms with E-state index in [0.29, 0.717) is 18.8 Å². The van der Waals surface area contributed by atoms with Crippen LogP contribution in [0.1, 0.15) is 29.7 Å². The van der Waals surface area contributed by atoms with Crippen LogP contribution in [-0.4, -0.2) is 11.2 Å². The normalized spacial score (nSPS) is 21.1. The van der Waals surface area contributed by atoms with E-state index in [1.165, 1.54) is 29.5 Å². The number of aromatic amines is 1. The summed E-state index contributed by atoms with van der Waals surface area (Å²) in [6, 6.07) is 6.41. The van der Waals surface area contributed by atoms with Gasteiger partial charge in [-0.3, -0.25) is 0 Å². The van der Waals surface area contributed by atoms with Crippen molar-refractivity contribution in [1.82, 2.24) is 10.3 Å². The highest BCUT2D eigenvalue weighted by Crippen LogP contribution is 2.34. The lowest BCUT2D eigenvalue weighted by Crippen LogP contribution is -2.13.